The summed E-state index contributed by atoms with van der Waals surface area (Å²) < 4.78 is 27.3. The normalized spacial score (nSPS) is 16.6. The Morgan fingerprint density at radius 3 is 2.30 bits per heavy atom. The Hall–Kier alpha value is -2.21. The average Bonchev–Trinajstić information content (AvgIpc) is 2.69. The fourth-order valence-electron chi connectivity index (χ4n) is 3.79. The number of nitrogens with zero attached hydrogens (tertiary/aromatic N) is 1. The van der Waals surface area contributed by atoms with Gasteiger partial charge in [-0.15, -0.1) is 0 Å². The van der Waals surface area contributed by atoms with Crippen LogP contribution in [0.5, 0.6) is 0 Å². The molecule has 1 N–H and O–H groups in total. The molecule has 1 aliphatic rings. The molecule has 3 aromatic carbocycles. The van der Waals surface area contributed by atoms with Gasteiger partial charge in [-0.1, -0.05) is 60.2 Å². The molecule has 0 amide bonds. The van der Waals surface area contributed by atoms with Crippen LogP contribution < -0.4 is 4.90 Å². The van der Waals surface area contributed by atoms with Gasteiger partial charge >= 0.3 is 0 Å². The predicted molar refractivity (Wildman–Crippen MR) is 108 cm³/mol. The van der Waals surface area contributed by atoms with Gasteiger partial charge in [0.25, 0.3) is 0 Å². The lowest BCUT2D eigenvalue weighted by atomic mass is 10.0. The molecule has 0 bridgehead atoms. The molecule has 0 saturated carbocycles. The summed E-state index contributed by atoms with van der Waals surface area (Å²) in [6, 6.07) is 22.0. The summed E-state index contributed by atoms with van der Waals surface area (Å²) in [6.07, 6.45) is 0. The molecule has 1 fully saturated rings. The van der Waals surface area contributed by atoms with Crippen LogP contribution in [-0.2, 0) is 16.6 Å². The van der Waals surface area contributed by atoms with Crippen LogP contribution in [0.15, 0.2) is 71.6 Å². The lowest BCUT2D eigenvalue weighted by Gasteiger charge is -2.31. The van der Waals surface area contributed by atoms with Gasteiger partial charge < -0.3 is 4.90 Å². The van der Waals surface area contributed by atoms with Crippen molar-refractivity contribution in [2.75, 3.05) is 26.2 Å². The topological polar surface area (TPSA) is 41.8 Å². The Morgan fingerprint density at radius 2 is 1.56 bits per heavy atom. The summed E-state index contributed by atoms with van der Waals surface area (Å²) in [5, 5.41) is 2.55. The van der Waals surface area contributed by atoms with Crippen LogP contribution in [0.3, 0.4) is 0 Å². The van der Waals surface area contributed by atoms with Crippen LogP contribution in [0.2, 0.25) is 0 Å². The van der Waals surface area contributed by atoms with Gasteiger partial charge in [-0.05, 0) is 29.8 Å². The van der Waals surface area contributed by atoms with Crippen molar-refractivity contribution in [2.45, 2.75) is 18.4 Å². The van der Waals surface area contributed by atoms with Crippen molar-refractivity contribution in [2.24, 2.45) is 0 Å². The molecule has 0 atom stereocenters. The Morgan fingerprint density at radius 1 is 0.889 bits per heavy atom. The molecule has 27 heavy (non-hydrogen) atoms. The van der Waals surface area contributed by atoms with Gasteiger partial charge in [-0.2, -0.15) is 4.31 Å². The number of rotatable bonds is 4. The van der Waals surface area contributed by atoms with Crippen LogP contribution in [0.25, 0.3) is 10.8 Å². The van der Waals surface area contributed by atoms with Crippen molar-refractivity contribution in [1.82, 2.24) is 4.31 Å². The standard InChI is InChI=1S/C22H24N2O2S/c1-18-9-11-21(12-10-18)27(25,26)24-15-13-23(14-16-24)17-20-7-4-6-19-5-2-3-8-22(19)20/h2-12H,13-17H2,1H3/p+1. The molecule has 0 aliphatic carbocycles. The third-order valence-corrected chi connectivity index (χ3v) is 7.32. The second-order valence-corrected chi connectivity index (χ2v) is 9.22. The van der Waals surface area contributed by atoms with Crippen LogP contribution >= 0.6 is 0 Å². The summed E-state index contributed by atoms with van der Waals surface area (Å²) in [5.41, 5.74) is 2.40. The molecule has 0 unspecified atom stereocenters. The number of hydrogen-bond acceptors (Lipinski definition) is 2. The minimum atomic E-state index is -3.39. The molecule has 0 aromatic heterocycles. The molecule has 0 radical (unpaired) electrons. The largest absolute Gasteiger partial charge is 0.329 e. The summed E-state index contributed by atoms with van der Waals surface area (Å²) >= 11 is 0. The maximum absolute atomic E-state index is 12.9. The van der Waals surface area contributed by atoms with Gasteiger partial charge in [0.15, 0.2) is 0 Å². The molecule has 1 saturated heterocycles. The number of hydrogen-bond donors (Lipinski definition) is 1. The summed E-state index contributed by atoms with van der Waals surface area (Å²) in [4.78, 5) is 1.83. The summed E-state index contributed by atoms with van der Waals surface area (Å²) in [5.74, 6) is 0. The minimum Gasteiger partial charge on any atom is -0.329 e. The lowest BCUT2D eigenvalue weighted by molar-refractivity contribution is -0.917. The number of sulfonamides is 1. The number of benzene rings is 3. The van der Waals surface area contributed by atoms with Gasteiger partial charge in [-0.25, -0.2) is 8.42 Å². The van der Waals surface area contributed by atoms with Crippen LogP contribution in [0.1, 0.15) is 11.1 Å². The highest BCUT2D eigenvalue weighted by molar-refractivity contribution is 7.89. The van der Waals surface area contributed by atoms with E-state index in [1.165, 1.54) is 21.2 Å². The maximum Gasteiger partial charge on any atom is 0.243 e. The predicted octanol–water partition coefficient (Wildman–Crippen LogP) is 2.24. The maximum atomic E-state index is 12.9. The van der Waals surface area contributed by atoms with E-state index in [2.05, 4.69) is 42.5 Å². The number of quaternary nitrogens is 1. The second kappa shape index (κ2) is 7.43. The Balaban J connectivity index is 1.45. The van der Waals surface area contributed by atoms with E-state index < -0.39 is 10.0 Å². The van der Waals surface area contributed by atoms with Gasteiger partial charge in [0, 0.05) is 5.56 Å². The molecule has 5 heteroatoms. The molecular formula is C22H25N2O2S+. The van der Waals surface area contributed by atoms with Gasteiger partial charge in [-0.3, -0.25) is 0 Å². The Labute approximate surface area is 161 Å². The molecule has 140 valence electrons. The fourth-order valence-corrected chi connectivity index (χ4v) is 5.24. The Kier molecular flexibility index (Phi) is 5.00. The van der Waals surface area contributed by atoms with E-state index >= 15 is 0 Å². The average molecular weight is 382 g/mol. The number of fused-ring (bicyclic) bond motifs is 1. The Bertz CT molecular complexity index is 1030. The SMILES string of the molecule is Cc1ccc(S(=O)(=O)N2CC[NH+](Cc3cccc4ccccc34)CC2)cc1. The molecule has 4 nitrogen and oxygen atoms in total. The van der Waals surface area contributed by atoms with Crippen molar-refractivity contribution >= 4 is 20.8 Å². The van der Waals surface area contributed by atoms with Crippen molar-refractivity contribution in [3.8, 4) is 0 Å². The van der Waals surface area contributed by atoms with E-state index in [-0.39, 0.29) is 0 Å². The van der Waals surface area contributed by atoms with Gasteiger partial charge in [0.2, 0.25) is 10.0 Å². The van der Waals surface area contributed by atoms with E-state index in [1.54, 1.807) is 16.4 Å². The third-order valence-electron chi connectivity index (χ3n) is 5.41. The quantitative estimate of drug-likeness (QED) is 0.753. The van der Waals surface area contributed by atoms with Crippen molar-refractivity contribution < 1.29 is 13.3 Å². The van der Waals surface area contributed by atoms with E-state index in [9.17, 15) is 8.42 Å². The number of nitrogens with one attached hydrogen (secondary N) is 1. The van der Waals surface area contributed by atoms with E-state index in [0.717, 1.165) is 25.2 Å². The molecule has 1 aliphatic heterocycles. The third kappa shape index (κ3) is 3.76. The molecule has 1 heterocycles. The molecule has 0 spiro atoms. The van der Waals surface area contributed by atoms with Crippen LogP contribution in [0, 0.1) is 6.92 Å². The van der Waals surface area contributed by atoms with Gasteiger partial charge in [0.05, 0.1) is 31.1 Å². The van der Waals surface area contributed by atoms with Crippen LogP contribution in [-0.4, -0.2) is 38.9 Å². The fraction of sp³-hybridized carbons (Fsp3) is 0.273. The van der Waals surface area contributed by atoms with Crippen LogP contribution in [0.4, 0.5) is 0 Å². The number of piperazine rings is 1. The zero-order valence-corrected chi connectivity index (χ0v) is 16.4. The van der Waals surface area contributed by atoms with E-state index in [1.807, 2.05) is 19.1 Å². The lowest BCUT2D eigenvalue weighted by Crippen LogP contribution is -3.13. The highest BCUT2D eigenvalue weighted by atomic mass is 32.2. The second-order valence-electron chi connectivity index (χ2n) is 7.28. The monoisotopic (exact) mass is 381 g/mol. The highest BCUT2D eigenvalue weighted by Crippen LogP contribution is 2.18. The molecular weight excluding hydrogens is 356 g/mol. The summed E-state index contributed by atoms with van der Waals surface area (Å²) in [7, 11) is -3.39. The first-order valence-electron chi connectivity index (χ1n) is 9.41. The van der Waals surface area contributed by atoms with Crippen molar-refractivity contribution in [3.63, 3.8) is 0 Å². The van der Waals surface area contributed by atoms with Crippen molar-refractivity contribution in [1.29, 1.82) is 0 Å². The highest BCUT2D eigenvalue weighted by Gasteiger charge is 2.30. The molecule has 4 rings (SSSR count). The number of aryl methyl sites for hydroxylation is 1. The zero-order chi connectivity index (χ0) is 18.9. The first kappa shape index (κ1) is 18.2. The minimum absolute atomic E-state index is 0.394. The summed E-state index contributed by atoms with van der Waals surface area (Å²) in [6.45, 7) is 5.68. The molecule has 3 aromatic rings. The smallest absolute Gasteiger partial charge is 0.243 e. The van der Waals surface area contributed by atoms with Gasteiger partial charge in [0.1, 0.15) is 6.54 Å². The van der Waals surface area contributed by atoms with E-state index in [0.29, 0.717) is 18.0 Å². The first-order chi connectivity index (χ1) is 13.0. The van der Waals surface area contributed by atoms with Crippen molar-refractivity contribution in [3.05, 3.63) is 77.9 Å². The zero-order valence-electron chi connectivity index (χ0n) is 15.6. The van der Waals surface area contributed by atoms with E-state index in [4.69, 9.17) is 0 Å². The first-order valence-corrected chi connectivity index (χ1v) is 10.8.